The number of hydrogen-bond donors (Lipinski definition) is 0. The van der Waals surface area contributed by atoms with E-state index >= 15 is 0 Å². The molecule has 3 fully saturated rings. The average molecular weight is 511 g/mol. The molecule has 1 aliphatic carbocycles. The van der Waals surface area contributed by atoms with Crippen molar-refractivity contribution in [2.24, 2.45) is 5.92 Å². The van der Waals surface area contributed by atoms with Gasteiger partial charge in [0.2, 0.25) is 0 Å². The molecular formula is C27H25F3N4O3. The quantitative estimate of drug-likeness (QED) is 0.411. The number of nitrogens with zero attached hydrogens (tertiary/aromatic N) is 4. The predicted molar refractivity (Wildman–Crippen MR) is 133 cm³/mol. The molecule has 0 bridgehead atoms. The summed E-state index contributed by atoms with van der Waals surface area (Å²) in [7, 11) is 0. The zero-order chi connectivity index (χ0) is 25.9. The van der Waals surface area contributed by atoms with Gasteiger partial charge in [-0.1, -0.05) is 6.92 Å². The van der Waals surface area contributed by atoms with Gasteiger partial charge in [0, 0.05) is 30.4 Å². The number of hydrogen-bond acceptors (Lipinski definition) is 5. The van der Waals surface area contributed by atoms with E-state index in [1.165, 1.54) is 18.6 Å². The number of benzene rings is 2. The summed E-state index contributed by atoms with van der Waals surface area (Å²) in [5.74, 6) is -0.881. The highest BCUT2D eigenvalue weighted by Gasteiger charge is 2.70. The van der Waals surface area contributed by atoms with Crippen molar-refractivity contribution < 1.29 is 27.5 Å². The fourth-order valence-corrected chi connectivity index (χ4v) is 5.67. The molecule has 2 aromatic carbocycles. The molecule has 1 saturated carbocycles. The van der Waals surface area contributed by atoms with Crippen molar-refractivity contribution in [1.82, 2.24) is 4.98 Å². The number of imide groups is 1. The van der Waals surface area contributed by atoms with Crippen molar-refractivity contribution in [2.45, 2.75) is 44.5 Å². The van der Waals surface area contributed by atoms with Gasteiger partial charge < -0.3 is 9.64 Å². The summed E-state index contributed by atoms with van der Waals surface area (Å²) in [5.41, 5.74) is 1.57. The van der Waals surface area contributed by atoms with Gasteiger partial charge >= 0.3 is 12.4 Å². The van der Waals surface area contributed by atoms with Gasteiger partial charge in [0.15, 0.2) is 0 Å². The van der Waals surface area contributed by atoms with Crippen molar-refractivity contribution >= 4 is 39.9 Å². The minimum atomic E-state index is -4.83. The van der Waals surface area contributed by atoms with Crippen LogP contribution in [-0.4, -0.2) is 41.9 Å². The third-order valence-corrected chi connectivity index (χ3v) is 7.62. The maximum atomic E-state index is 13.8. The topological polar surface area (TPSA) is 66.0 Å². The van der Waals surface area contributed by atoms with Gasteiger partial charge in [0.05, 0.1) is 16.9 Å². The van der Waals surface area contributed by atoms with E-state index < -0.39 is 23.7 Å². The van der Waals surface area contributed by atoms with Crippen LogP contribution in [0.2, 0.25) is 0 Å². The number of amides is 3. The molecule has 6 rings (SSSR count). The Morgan fingerprint density at radius 3 is 2.30 bits per heavy atom. The number of pyridine rings is 1. The number of ether oxygens (including phenoxy) is 1. The molecular weight excluding hydrogens is 485 g/mol. The van der Waals surface area contributed by atoms with Crippen LogP contribution in [0.3, 0.4) is 0 Å². The Labute approximate surface area is 211 Å². The largest absolute Gasteiger partial charge is 0.573 e. The number of alkyl halides is 3. The Morgan fingerprint density at radius 2 is 1.65 bits per heavy atom. The first kappa shape index (κ1) is 23.6. The average Bonchev–Trinajstić information content (AvgIpc) is 3.49. The molecule has 192 valence electrons. The molecule has 3 aromatic rings. The van der Waals surface area contributed by atoms with E-state index in [1.807, 2.05) is 25.1 Å². The highest BCUT2D eigenvalue weighted by Crippen LogP contribution is 2.56. The number of urea groups is 1. The van der Waals surface area contributed by atoms with Crippen LogP contribution in [0.15, 0.2) is 54.7 Å². The summed E-state index contributed by atoms with van der Waals surface area (Å²) in [6.07, 6.45) is 0.833. The van der Waals surface area contributed by atoms with Crippen molar-refractivity contribution in [3.05, 3.63) is 54.7 Å². The SMILES string of the molecule is CC1CC12C(=O)N(c1ccc(OC(F)(F)F)cc1)C(=O)N2c1ccnc2cc(N3CCCCC3)ccc12. The number of aromatic nitrogens is 1. The van der Waals surface area contributed by atoms with Crippen LogP contribution in [0, 0.1) is 5.92 Å². The van der Waals surface area contributed by atoms with Crippen molar-refractivity contribution in [2.75, 3.05) is 27.8 Å². The van der Waals surface area contributed by atoms with Crippen molar-refractivity contribution in [1.29, 1.82) is 0 Å². The maximum absolute atomic E-state index is 13.8. The molecule has 7 nitrogen and oxygen atoms in total. The lowest BCUT2D eigenvalue weighted by molar-refractivity contribution is -0.274. The van der Waals surface area contributed by atoms with Crippen LogP contribution in [0.4, 0.5) is 35.0 Å². The number of carbonyl (C=O) groups is 2. The van der Waals surface area contributed by atoms with Crippen LogP contribution in [0.25, 0.3) is 10.9 Å². The first-order chi connectivity index (χ1) is 17.7. The molecule has 0 radical (unpaired) electrons. The molecule has 2 atom stereocenters. The Morgan fingerprint density at radius 1 is 0.973 bits per heavy atom. The van der Waals surface area contributed by atoms with Gasteiger partial charge in [0.1, 0.15) is 11.3 Å². The van der Waals surface area contributed by atoms with Crippen LogP contribution < -0.4 is 19.4 Å². The highest BCUT2D eigenvalue weighted by molar-refractivity contribution is 6.33. The monoisotopic (exact) mass is 510 g/mol. The molecule has 2 saturated heterocycles. The maximum Gasteiger partial charge on any atom is 0.573 e. The summed E-state index contributed by atoms with van der Waals surface area (Å²) in [5, 5.41) is 0.763. The lowest BCUT2D eigenvalue weighted by Gasteiger charge is -2.29. The fraction of sp³-hybridized carbons (Fsp3) is 0.370. The van der Waals surface area contributed by atoms with Crippen molar-refractivity contribution in [3.63, 3.8) is 0 Å². The first-order valence-electron chi connectivity index (χ1n) is 12.4. The molecule has 37 heavy (non-hydrogen) atoms. The van der Waals surface area contributed by atoms with E-state index in [2.05, 4.69) is 14.6 Å². The fourth-order valence-electron chi connectivity index (χ4n) is 5.67. The Kier molecular flexibility index (Phi) is 5.32. The number of anilines is 3. The lowest BCUT2D eigenvalue weighted by atomic mass is 10.1. The number of halogens is 3. The number of rotatable bonds is 4. The minimum absolute atomic E-state index is 0.0716. The van der Waals surface area contributed by atoms with Crippen molar-refractivity contribution in [3.8, 4) is 5.75 Å². The second-order valence-corrected chi connectivity index (χ2v) is 9.91. The molecule has 1 spiro atoms. The standard InChI is InChI=1S/C27H25F3N4O3/c1-17-16-26(17)24(35)33(18-5-8-20(9-6-18)37-27(28,29)30)25(36)34(26)23-11-12-31-22-15-19(7-10-21(22)23)32-13-3-2-4-14-32/h5-12,15,17H,2-4,13-14,16H2,1H3. The molecule has 2 aliphatic heterocycles. The summed E-state index contributed by atoms with van der Waals surface area (Å²) in [6.45, 7) is 3.90. The van der Waals surface area contributed by atoms with Gasteiger partial charge in [-0.2, -0.15) is 0 Å². The zero-order valence-electron chi connectivity index (χ0n) is 20.2. The molecule has 3 amide bonds. The highest BCUT2D eigenvalue weighted by atomic mass is 19.4. The second kappa shape index (κ2) is 8.36. The van der Waals surface area contributed by atoms with E-state index in [-0.39, 0.29) is 17.5 Å². The van der Waals surface area contributed by atoms with E-state index in [9.17, 15) is 22.8 Å². The van der Waals surface area contributed by atoms with E-state index in [1.54, 1.807) is 17.2 Å². The third kappa shape index (κ3) is 3.86. The van der Waals surface area contributed by atoms with E-state index in [0.717, 1.165) is 59.6 Å². The first-order valence-corrected chi connectivity index (χ1v) is 12.4. The van der Waals surface area contributed by atoms with Crippen LogP contribution in [-0.2, 0) is 4.79 Å². The zero-order valence-corrected chi connectivity index (χ0v) is 20.2. The van der Waals surface area contributed by atoms with Gasteiger partial charge in [0.25, 0.3) is 5.91 Å². The van der Waals surface area contributed by atoms with Gasteiger partial charge in [-0.3, -0.25) is 14.7 Å². The molecule has 0 N–H and O–H groups in total. The summed E-state index contributed by atoms with van der Waals surface area (Å²) in [4.78, 5) is 36.9. The predicted octanol–water partition coefficient (Wildman–Crippen LogP) is 5.88. The number of fused-ring (bicyclic) bond motifs is 1. The molecule has 3 heterocycles. The molecule has 2 unspecified atom stereocenters. The van der Waals surface area contributed by atoms with Crippen LogP contribution in [0.5, 0.6) is 5.75 Å². The number of piperidine rings is 1. The summed E-state index contributed by atoms with van der Waals surface area (Å²) >= 11 is 0. The van der Waals surface area contributed by atoms with Gasteiger partial charge in [-0.05, 0) is 80.1 Å². The minimum Gasteiger partial charge on any atom is -0.406 e. The van der Waals surface area contributed by atoms with Gasteiger partial charge in [-0.25, -0.2) is 9.69 Å². The lowest BCUT2D eigenvalue weighted by Crippen LogP contribution is -2.39. The Bertz CT molecular complexity index is 1390. The summed E-state index contributed by atoms with van der Waals surface area (Å²) in [6, 6.07) is 12.0. The second-order valence-electron chi connectivity index (χ2n) is 9.91. The molecule has 10 heteroatoms. The molecule has 1 aromatic heterocycles. The number of carbonyl (C=O) groups excluding carboxylic acids is 2. The van der Waals surface area contributed by atoms with E-state index in [0.29, 0.717) is 12.1 Å². The molecule has 3 aliphatic rings. The van der Waals surface area contributed by atoms with Crippen LogP contribution in [0.1, 0.15) is 32.6 Å². The normalized spacial score (nSPS) is 23.9. The Balaban J connectivity index is 1.37. The van der Waals surface area contributed by atoms with E-state index in [4.69, 9.17) is 0 Å². The third-order valence-electron chi connectivity index (χ3n) is 7.62. The van der Waals surface area contributed by atoms with Gasteiger partial charge in [-0.15, -0.1) is 13.2 Å². The smallest absolute Gasteiger partial charge is 0.406 e. The summed E-state index contributed by atoms with van der Waals surface area (Å²) < 4.78 is 41.6. The Hall–Kier alpha value is -3.82. The van der Waals surface area contributed by atoms with Crippen LogP contribution >= 0.6 is 0 Å².